The van der Waals surface area contributed by atoms with Crippen molar-refractivity contribution in [2.45, 2.75) is 26.3 Å². The van der Waals surface area contributed by atoms with Crippen molar-refractivity contribution in [1.82, 2.24) is 14.5 Å². The van der Waals surface area contributed by atoms with Crippen LogP contribution >= 0.6 is 11.3 Å². The zero-order valence-electron chi connectivity index (χ0n) is 11.0. The molecular formula is C14H16N4S. The summed E-state index contributed by atoms with van der Waals surface area (Å²) in [7, 11) is 0. The number of aryl methyl sites for hydroxylation is 1. The topological polar surface area (TPSA) is 56.7 Å². The zero-order chi connectivity index (χ0) is 13.4. The lowest BCUT2D eigenvalue weighted by atomic mass is 10.2. The number of nitrogens with two attached hydrogens (primary N) is 1. The van der Waals surface area contributed by atoms with Gasteiger partial charge in [0, 0.05) is 10.6 Å². The van der Waals surface area contributed by atoms with Crippen molar-refractivity contribution < 1.29 is 0 Å². The van der Waals surface area contributed by atoms with Gasteiger partial charge in [-0.3, -0.25) is 4.57 Å². The average Bonchev–Trinajstić information content (AvgIpc) is 3.00. The molecule has 0 fully saturated rings. The van der Waals surface area contributed by atoms with Crippen LogP contribution in [0.25, 0.3) is 11.2 Å². The maximum Gasteiger partial charge on any atom is 0.203 e. The molecule has 5 heteroatoms. The van der Waals surface area contributed by atoms with Crippen LogP contribution < -0.4 is 5.73 Å². The summed E-state index contributed by atoms with van der Waals surface area (Å²) in [4.78, 5) is 10.3. The van der Waals surface area contributed by atoms with Crippen LogP contribution in [0.15, 0.2) is 29.6 Å². The Hall–Kier alpha value is -1.88. The third kappa shape index (κ3) is 2.00. The second-order valence-corrected chi connectivity index (χ2v) is 5.55. The molecule has 4 nitrogen and oxygen atoms in total. The molecule has 0 aliphatic heterocycles. The first-order valence-electron chi connectivity index (χ1n) is 6.35. The number of pyridine rings is 1. The molecule has 0 bridgehead atoms. The van der Waals surface area contributed by atoms with Crippen LogP contribution in [-0.4, -0.2) is 14.5 Å². The van der Waals surface area contributed by atoms with E-state index in [-0.39, 0.29) is 6.04 Å². The molecule has 1 unspecified atom stereocenters. The first-order chi connectivity index (χ1) is 9.20. The number of nitrogens with zero attached hydrogens (tertiary/aromatic N) is 3. The van der Waals surface area contributed by atoms with Gasteiger partial charge in [-0.05, 0) is 36.9 Å². The van der Waals surface area contributed by atoms with E-state index in [0.717, 1.165) is 23.3 Å². The molecule has 3 heterocycles. The van der Waals surface area contributed by atoms with Crippen LogP contribution in [0.5, 0.6) is 0 Å². The number of anilines is 1. The normalized spacial score (nSPS) is 12.9. The van der Waals surface area contributed by atoms with E-state index in [4.69, 9.17) is 5.73 Å². The Morgan fingerprint density at radius 2 is 2.16 bits per heavy atom. The maximum absolute atomic E-state index is 6.10. The van der Waals surface area contributed by atoms with Crippen molar-refractivity contribution in [3.8, 4) is 0 Å². The molecule has 0 aromatic carbocycles. The highest BCUT2D eigenvalue weighted by molar-refractivity contribution is 7.10. The molecule has 0 saturated carbocycles. The summed E-state index contributed by atoms with van der Waals surface area (Å²) in [5.41, 5.74) is 8.82. The highest BCUT2D eigenvalue weighted by atomic mass is 32.1. The highest BCUT2D eigenvalue weighted by Gasteiger charge is 2.19. The van der Waals surface area contributed by atoms with E-state index < -0.39 is 0 Å². The van der Waals surface area contributed by atoms with E-state index in [1.165, 1.54) is 4.88 Å². The van der Waals surface area contributed by atoms with Gasteiger partial charge in [0.25, 0.3) is 0 Å². The summed E-state index contributed by atoms with van der Waals surface area (Å²) in [6.07, 6.45) is 0.964. The van der Waals surface area contributed by atoms with Crippen LogP contribution in [0.3, 0.4) is 0 Å². The molecule has 1 atom stereocenters. The molecule has 3 aromatic rings. The molecule has 0 spiro atoms. The Balaban J connectivity index is 2.23. The van der Waals surface area contributed by atoms with Crippen LogP contribution in [0, 0.1) is 6.92 Å². The third-order valence-electron chi connectivity index (χ3n) is 3.27. The van der Waals surface area contributed by atoms with Crippen LogP contribution in [0.2, 0.25) is 0 Å². The Morgan fingerprint density at radius 1 is 1.32 bits per heavy atom. The number of hydrogen-bond donors (Lipinski definition) is 1. The minimum atomic E-state index is 0.208. The zero-order valence-corrected chi connectivity index (χ0v) is 11.8. The number of hydrogen-bond acceptors (Lipinski definition) is 4. The van der Waals surface area contributed by atoms with Gasteiger partial charge in [-0.2, -0.15) is 0 Å². The number of imidazole rings is 1. The Labute approximate surface area is 115 Å². The predicted molar refractivity (Wildman–Crippen MR) is 79.4 cm³/mol. The van der Waals surface area contributed by atoms with Gasteiger partial charge in [0.05, 0.1) is 6.04 Å². The van der Waals surface area contributed by atoms with Gasteiger partial charge in [-0.1, -0.05) is 13.0 Å². The van der Waals surface area contributed by atoms with Gasteiger partial charge in [-0.15, -0.1) is 11.3 Å². The molecule has 98 valence electrons. The lowest BCUT2D eigenvalue weighted by Crippen LogP contribution is -2.12. The highest BCUT2D eigenvalue weighted by Crippen LogP contribution is 2.31. The summed E-state index contributed by atoms with van der Waals surface area (Å²) in [5.74, 6) is 0.536. The molecule has 0 radical (unpaired) electrons. The van der Waals surface area contributed by atoms with Crippen LogP contribution in [0.4, 0.5) is 5.95 Å². The van der Waals surface area contributed by atoms with Gasteiger partial charge in [0.2, 0.25) is 5.95 Å². The average molecular weight is 272 g/mol. The van der Waals surface area contributed by atoms with Gasteiger partial charge in [0.1, 0.15) is 5.52 Å². The first-order valence-corrected chi connectivity index (χ1v) is 7.23. The monoisotopic (exact) mass is 272 g/mol. The van der Waals surface area contributed by atoms with Gasteiger partial charge < -0.3 is 5.73 Å². The SMILES string of the molecule is CCC(c1cccs1)n1c(N)nc2ccc(C)nc21. The van der Waals surface area contributed by atoms with Crippen molar-refractivity contribution >= 4 is 28.4 Å². The molecule has 0 saturated heterocycles. The summed E-state index contributed by atoms with van der Waals surface area (Å²) >= 11 is 1.74. The fraction of sp³-hybridized carbons (Fsp3) is 0.286. The number of nitrogen functional groups attached to an aromatic ring is 1. The lowest BCUT2D eigenvalue weighted by molar-refractivity contribution is 0.595. The van der Waals surface area contributed by atoms with Crippen molar-refractivity contribution in [3.05, 3.63) is 40.2 Å². The van der Waals surface area contributed by atoms with E-state index >= 15 is 0 Å². The summed E-state index contributed by atoms with van der Waals surface area (Å²) in [5, 5.41) is 2.09. The number of thiophene rings is 1. The van der Waals surface area contributed by atoms with E-state index in [1.807, 2.05) is 23.6 Å². The molecule has 3 rings (SSSR count). The Bertz CT molecular complexity index is 700. The predicted octanol–water partition coefficient (Wildman–Crippen LogP) is 3.38. The fourth-order valence-electron chi connectivity index (χ4n) is 2.39. The van der Waals surface area contributed by atoms with Crippen molar-refractivity contribution in [1.29, 1.82) is 0 Å². The number of aromatic nitrogens is 3. The minimum Gasteiger partial charge on any atom is -0.369 e. The molecular weight excluding hydrogens is 256 g/mol. The van der Waals surface area contributed by atoms with E-state index in [9.17, 15) is 0 Å². The molecule has 3 aromatic heterocycles. The number of fused-ring (bicyclic) bond motifs is 1. The smallest absolute Gasteiger partial charge is 0.203 e. The Morgan fingerprint density at radius 3 is 2.84 bits per heavy atom. The second kappa shape index (κ2) is 4.66. The van der Waals surface area contributed by atoms with E-state index in [2.05, 4.69) is 34.4 Å². The molecule has 0 aliphatic rings. The van der Waals surface area contributed by atoms with Gasteiger partial charge in [0.15, 0.2) is 5.65 Å². The quantitative estimate of drug-likeness (QED) is 0.795. The summed E-state index contributed by atoms with van der Waals surface area (Å²) in [6, 6.07) is 8.35. The lowest BCUT2D eigenvalue weighted by Gasteiger charge is -2.17. The Kier molecular flexibility index (Phi) is 2.98. The van der Waals surface area contributed by atoms with Crippen molar-refractivity contribution in [2.24, 2.45) is 0 Å². The minimum absolute atomic E-state index is 0.208. The molecule has 0 amide bonds. The fourth-order valence-corrected chi connectivity index (χ4v) is 3.29. The van der Waals surface area contributed by atoms with Crippen molar-refractivity contribution in [2.75, 3.05) is 5.73 Å². The third-order valence-corrected chi connectivity index (χ3v) is 4.25. The maximum atomic E-state index is 6.10. The standard InChI is InChI=1S/C14H16N4S/c1-3-11(12-5-4-8-19-12)18-13-10(17-14(18)15)7-6-9(2)16-13/h4-8,11H,3H2,1-2H3,(H2,15,17). The number of rotatable bonds is 3. The summed E-state index contributed by atoms with van der Waals surface area (Å²) in [6.45, 7) is 4.14. The summed E-state index contributed by atoms with van der Waals surface area (Å²) < 4.78 is 2.05. The molecule has 0 aliphatic carbocycles. The second-order valence-electron chi connectivity index (χ2n) is 4.57. The van der Waals surface area contributed by atoms with Crippen LogP contribution in [0.1, 0.15) is 30.0 Å². The molecule has 2 N–H and O–H groups in total. The largest absolute Gasteiger partial charge is 0.369 e. The van der Waals surface area contributed by atoms with Gasteiger partial charge >= 0.3 is 0 Å². The first kappa shape index (κ1) is 12.2. The van der Waals surface area contributed by atoms with E-state index in [1.54, 1.807) is 11.3 Å². The van der Waals surface area contributed by atoms with E-state index in [0.29, 0.717) is 5.95 Å². The van der Waals surface area contributed by atoms with Gasteiger partial charge in [-0.25, -0.2) is 9.97 Å². The van der Waals surface area contributed by atoms with Crippen molar-refractivity contribution in [3.63, 3.8) is 0 Å². The molecule has 19 heavy (non-hydrogen) atoms. The van der Waals surface area contributed by atoms with Crippen LogP contribution in [-0.2, 0) is 0 Å².